The van der Waals surface area contributed by atoms with Crippen LogP contribution in [0.4, 0.5) is 0 Å². The van der Waals surface area contributed by atoms with Gasteiger partial charge in [-0.1, -0.05) is 6.07 Å². The molecule has 0 bridgehead atoms. The van der Waals surface area contributed by atoms with Gasteiger partial charge < -0.3 is 20.7 Å². The van der Waals surface area contributed by atoms with Crippen LogP contribution >= 0.6 is 0 Å². The first-order chi connectivity index (χ1) is 9.93. The van der Waals surface area contributed by atoms with Crippen molar-refractivity contribution >= 4 is 5.91 Å². The van der Waals surface area contributed by atoms with E-state index in [1.54, 1.807) is 19.1 Å². The summed E-state index contributed by atoms with van der Waals surface area (Å²) in [6.45, 7) is 1.73. The molecule has 0 saturated heterocycles. The molecule has 7 nitrogen and oxygen atoms in total. The zero-order valence-corrected chi connectivity index (χ0v) is 11.8. The maximum Gasteiger partial charge on any atom is 0.267 e. The zero-order valence-electron chi connectivity index (χ0n) is 11.8. The van der Waals surface area contributed by atoms with E-state index in [9.17, 15) is 14.7 Å². The molecule has 1 atom stereocenters. The van der Waals surface area contributed by atoms with Crippen molar-refractivity contribution in [3.63, 3.8) is 0 Å². The molecule has 1 heterocycles. The van der Waals surface area contributed by atoms with Gasteiger partial charge in [0.2, 0.25) is 5.91 Å². The molecule has 1 unspecified atom stereocenters. The number of methoxy groups -OCH3 is 1. The lowest BCUT2D eigenvalue weighted by Gasteiger charge is -2.16. The van der Waals surface area contributed by atoms with E-state index in [1.807, 2.05) is 0 Å². The number of aromatic nitrogens is 2. The van der Waals surface area contributed by atoms with Gasteiger partial charge in [-0.15, -0.1) is 0 Å². The molecule has 7 heteroatoms. The van der Waals surface area contributed by atoms with Gasteiger partial charge in [-0.05, 0) is 24.6 Å². The number of phenolic OH excluding ortho intramolecular Hbond substituents is 1. The molecule has 21 heavy (non-hydrogen) atoms. The van der Waals surface area contributed by atoms with E-state index in [4.69, 9.17) is 10.5 Å². The topological polar surface area (TPSA) is 121 Å². The summed E-state index contributed by atoms with van der Waals surface area (Å²) >= 11 is 0. The lowest BCUT2D eigenvalue weighted by molar-refractivity contribution is -0.118. The largest absolute Gasteiger partial charge is 0.504 e. The van der Waals surface area contributed by atoms with Crippen LogP contribution in [0.15, 0.2) is 23.0 Å². The summed E-state index contributed by atoms with van der Waals surface area (Å²) in [5.74, 6) is -0.810. The fourth-order valence-corrected chi connectivity index (χ4v) is 2.39. The molecule has 2 rings (SSSR count). The van der Waals surface area contributed by atoms with Crippen LogP contribution in [-0.4, -0.2) is 28.3 Å². The average molecular weight is 291 g/mol. The summed E-state index contributed by atoms with van der Waals surface area (Å²) in [5, 5.41) is 15.1. The average Bonchev–Trinajstić information content (AvgIpc) is 2.75. The minimum atomic E-state index is -0.533. The number of nitrogens with two attached hydrogens (primary N) is 1. The highest BCUT2D eigenvalue weighted by atomic mass is 16.5. The van der Waals surface area contributed by atoms with E-state index in [0.29, 0.717) is 22.6 Å². The normalized spacial score (nSPS) is 12.1. The Labute approximate surface area is 120 Å². The van der Waals surface area contributed by atoms with Crippen LogP contribution in [0.3, 0.4) is 0 Å². The SMILES string of the molecule is COc1ccc(C(CC(N)=O)c2c(C)[nH][nH]c2=O)cc1O. The third-order valence-corrected chi connectivity index (χ3v) is 3.37. The summed E-state index contributed by atoms with van der Waals surface area (Å²) in [7, 11) is 1.44. The van der Waals surface area contributed by atoms with E-state index in [2.05, 4.69) is 10.2 Å². The van der Waals surface area contributed by atoms with Gasteiger partial charge in [-0.2, -0.15) is 0 Å². The van der Waals surface area contributed by atoms with Gasteiger partial charge in [-0.25, -0.2) is 0 Å². The van der Waals surface area contributed by atoms with Gasteiger partial charge >= 0.3 is 0 Å². The Morgan fingerprint density at radius 1 is 1.43 bits per heavy atom. The molecule has 1 aromatic carbocycles. The number of rotatable bonds is 5. The van der Waals surface area contributed by atoms with E-state index in [-0.39, 0.29) is 17.7 Å². The molecular formula is C14H17N3O4. The van der Waals surface area contributed by atoms with Crippen molar-refractivity contribution in [3.8, 4) is 11.5 Å². The highest BCUT2D eigenvalue weighted by Gasteiger charge is 2.24. The van der Waals surface area contributed by atoms with E-state index >= 15 is 0 Å². The molecule has 112 valence electrons. The number of phenols is 1. The van der Waals surface area contributed by atoms with Crippen molar-refractivity contribution in [2.24, 2.45) is 5.73 Å². The molecule has 5 N–H and O–H groups in total. The van der Waals surface area contributed by atoms with Gasteiger partial charge in [0.1, 0.15) is 0 Å². The maximum absolute atomic E-state index is 11.9. The second kappa shape index (κ2) is 5.74. The number of hydrogen-bond acceptors (Lipinski definition) is 4. The Balaban J connectivity index is 2.53. The number of hydrogen-bond donors (Lipinski definition) is 4. The number of ether oxygens (including phenoxy) is 1. The van der Waals surface area contributed by atoms with Gasteiger partial charge in [0, 0.05) is 23.6 Å². The summed E-state index contributed by atoms with van der Waals surface area (Å²) in [5.41, 5.74) is 6.64. The smallest absolute Gasteiger partial charge is 0.267 e. The molecule has 0 saturated carbocycles. The van der Waals surface area contributed by atoms with Crippen LogP contribution in [0.25, 0.3) is 0 Å². The molecule has 0 aliphatic heterocycles. The number of nitrogens with one attached hydrogen (secondary N) is 2. The molecule has 0 spiro atoms. The second-order valence-corrected chi connectivity index (χ2v) is 4.77. The van der Waals surface area contributed by atoms with E-state index < -0.39 is 11.8 Å². The van der Waals surface area contributed by atoms with Crippen molar-refractivity contribution in [2.75, 3.05) is 7.11 Å². The number of benzene rings is 1. The lowest BCUT2D eigenvalue weighted by Crippen LogP contribution is -2.20. The molecule has 2 aromatic rings. The first kappa shape index (κ1) is 14.7. The van der Waals surface area contributed by atoms with Crippen LogP contribution < -0.4 is 16.0 Å². The minimum Gasteiger partial charge on any atom is -0.504 e. The van der Waals surface area contributed by atoms with Gasteiger partial charge in [0.25, 0.3) is 5.56 Å². The Morgan fingerprint density at radius 2 is 2.14 bits per heavy atom. The number of aryl methyl sites for hydroxylation is 1. The van der Waals surface area contributed by atoms with Crippen LogP contribution in [0.2, 0.25) is 0 Å². The van der Waals surface area contributed by atoms with Crippen molar-refractivity contribution in [1.82, 2.24) is 10.2 Å². The Morgan fingerprint density at radius 3 is 2.62 bits per heavy atom. The van der Waals surface area contributed by atoms with Crippen molar-refractivity contribution in [2.45, 2.75) is 19.3 Å². The first-order valence-electron chi connectivity index (χ1n) is 6.36. The van der Waals surface area contributed by atoms with E-state index in [0.717, 1.165) is 0 Å². The monoisotopic (exact) mass is 291 g/mol. The molecule has 0 fully saturated rings. The van der Waals surface area contributed by atoms with Crippen molar-refractivity contribution in [3.05, 3.63) is 45.4 Å². The number of amides is 1. The fourth-order valence-electron chi connectivity index (χ4n) is 2.39. The second-order valence-electron chi connectivity index (χ2n) is 4.77. The van der Waals surface area contributed by atoms with Crippen molar-refractivity contribution in [1.29, 1.82) is 0 Å². The summed E-state index contributed by atoms with van der Waals surface area (Å²) in [6, 6.07) is 4.74. The van der Waals surface area contributed by atoms with Gasteiger partial charge in [0.15, 0.2) is 11.5 Å². The van der Waals surface area contributed by atoms with Crippen LogP contribution in [0, 0.1) is 6.92 Å². The fraction of sp³-hybridized carbons (Fsp3) is 0.286. The predicted molar refractivity (Wildman–Crippen MR) is 76.5 cm³/mol. The maximum atomic E-state index is 11.9. The van der Waals surface area contributed by atoms with Crippen LogP contribution in [0.1, 0.15) is 29.2 Å². The predicted octanol–water partition coefficient (Wildman–Crippen LogP) is 0.733. The molecule has 0 aliphatic carbocycles. The highest BCUT2D eigenvalue weighted by Crippen LogP contribution is 2.33. The third kappa shape index (κ3) is 2.91. The van der Waals surface area contributed by atoms with Gasteiger partial charge in [0.05, 0.1) is 7.11 Å². The summed E-state index contributed by atoms with van der Waals surface area (Å²) in [4.78, 5) is 23.2. The molecular weight excluding hydrogens is 274 g/mol. The lowest BCUT2D eigenvalue weighted by atomic mass is 9.88. The summed E-state index contributed by atoms with van der Waals surface area (Å²) in [6.07, 6.45) is -0.0342. The number of carbonyl (C=O) groups is 1. The Kier molecular flexibility index (Phi) is 4.02. The minimum absolute atomic E-state index is 0.0342. The summed E-state index contributed by atoms with van der Waals surface area (Å²) < 4.78 is 4.98. The number of H-pyrrole nitrogens is 2. The molecule has 1 aromatic heterocycles. The zero-order chi connectivity index (χ0) is 15.6. The molecule has 0 radical (unpaired) electrons. The van der Waals surface area contributed by atoms with E-state index in [1.165, 1.54) is 13.2 Å². The van der Waals surface area contributed by atoms with Crippen molar-refractivity contribution < 1.29 is 14.6 Å². The number of aromatic amines is 2. The third-order valence-electron chi connectivity index (χ3n) is 3.37. The quantitative estimate of drug-likeness (QED) is 0.649. The van der Waals surface area contributed by atoms with Crippen LogP contribution in [0.5, 0.6) is 11.5 Å². The number of aromatic hydroxyl groups is 1. The molecule has 0 aliphatic rings. The van der Waals surface area contributed by atoms with Crippen LogP contribution in [-0.2, 0) is 4.79 Å². The number of primary amides is 1. The Bertz CT molecular complexity index is 717. The number of carbonyl (C=O) groups excluding carboxylic acids is 1. The standard InChI is InChI=1S/C14H17N3O4/c1-7-13(14(20)17-16-7)9(6-12(15)19)8-3-4-11(21-2)10(18)5-8/h3-5,9,18H,6H2,1-2H3,(H2,15,19)(H2,16,17,20). The first-order valence-corrected chi connectivity index (χ1v) is 6.36. The van der Waals surface area contributed by atoms with Gasteiger partial charge in [-0.3, -0.25) is 14.7 Å². The molecule has 1 amide bonds. The highest BCUT2D eigenvalue weighted by molar-refractivity contribution is 5.75. The Hall–Kier alpha value is -2.70.